The number of aryl methyl sites for hydroxylation is 2. The van der Waals surface area contributed by atoms with Gasteiger partial charge in [0, 0.05) is 138 Å². The zero-order chi connectivity index (χ0) is 50.5. The van der Waals surface area contributed by atoms with Gasteiger partial charge in [0.05, 0.1) is 39.6 Å². The summed E-state index contributed by atoms with van der Waals surface area (Å²) < 4.78 is 64.0. The molecule has 2 N–H and O–H groups in total. The summed E-state index contributed by atoms with van der Waals surface area (Å²) in [5.41, 5.74) is 6.93. The minimum atomic E-state index is -2.74. The molecule has 0 saturated heterocycles. The quantitative estimate of drug-likeness (QED) is 0.0344. The maximum atomic E-state index is 6.09. The highest BCUT2D eigenvalue weighted by Crippen LogP contribution is 2.26. The van der Waals surface area contributed by atoms with Crippen LogP contribution in [0.3, 0.4) is 0 Å². The van der Waals surface area contributed by atoms with E-state index < -0.39 is 17.6 Å². The molecule has 384 valence electrons. The van der Waals surface area contributed by atoms with Crippen LogP contribution in [0.25, 0.3) is 24.3 Å². The second kappa shape index (κ2) is 38.8. The Kier molecular flexibility index (Phi) is 36.0. The van der Waals surface area contributed by atoms with E-state index in [1.54, 1.807) is 26.4 Å². The molecule has 0 aliphatic rings. The lowest BCUT2D eigenvalue weighted by Crippen LogP contribution is -2.46. The largest absolute Gasteiger partial charge is 0.501 e. The van der Waals surface area contributed by atoms with Crippen molar-refractivity contribution in [2.75, 3.05) is 93.5 Å². The monoisotopic (exact) mass is 1110 g/mol. The maximum absolute atomic E-state index is 6.09. The molecule has 0 unspecified atom stereocenters. The number of H-pyrrole nitrogens is 2. The van der Waals surface area contributed by atoms with Gasteiger partial charge >= 0.3 is 17.6 Å². The number of hydrogen-bond acceptors (Lipinski definition) is 10. The van der Waals surface area contributed by atoms with Crippen LogP contribution >= 0.6 is 31.9 Å². The molecule has 0 amide bonds. The third-order valence-electron chi connectivity index (χ3n) is 9.78. The van der Waals surface area contributed by atoms with E-state index in [1.165, 1.54) is 11.1 Å². The highest BCUT2D eigenvalue weighted by atomic mass is 79.9. The molecule has 68 heavy (non-hydrogen) atoms. The van der Waals surface area contributed by atoms with E-state index in [2.05, 4.69) is 89.7 Å². The highest BCUT2D eigenvalue weighted by Gasteiger charge is 2.42. The minimum absolute atomic E-state index is 0.574. The van der Waals surface area contributed by atoms with Gasteiger partial charge in [-0.3, -0.25) is 0 Å². The van der Waals surface area contributed by atoms with Crippen molar-refractivity contribution in [2.45, 2.75) is 79.6 Å². The molecule has 0 bridgehead atoms. The molecule has 14 nitrogen and oxygen atoms in total. The van der Waals surface area contributed by atoms with Gasteiger partial charge in [0.25, 0.3) is 0 Å². The summed E-state index contributed by atoms with van der Waals surface area (Å²) in [6, 6.07) is 1.46. The fourth-order valence-electron chi connectivity index (χ4n) is 6.67. The fourth-order valence-corrected chi connectivity index (χ4v) is 12.3. The van der Waals surface area contributed by atoms with Gasteiger partial charge in [-0.05, 0) is 120 Å². The molecular formula is C50H82Br2N4O10Si2. The summed E-state index contributed by atoms with van der Waals surface area (Å²) in [7, 11) is -2.14. The van der Waals surface area contributed by atoms with E-state index in [4.69, 9.17) is 45.5 Å². The smallest absolute Gasteiger partial charge is 0.382 e. The standard InChI is InChI=1S/C25H51NO8Si2.C13H19NO2.C8H9N.C4H3Br2N/c1-8-29-35(30-9-2,31-10-3)20-14-24-22-26(16-17-28-19-18-27-7)23-25(24)15-21-36(32-11-4,33-12-5)34-13-6;1-4-12-10-14(11-13(12)5-2)6-7-16-9-8-15-3;1-3-7-5-9-6-8(7)4-2;5-3-1-7-2-4(3)6/h22-23H,8-21H2,1-7H3;4-5,10-11H,1-2,6-9H2,3H3;3-6,9H,1-2H2;1-2,7H. The van der Waals surface area contributed by atoms with Crippen LogP contribution in [-0.4, -0.2) is 130 Å². The molecule has 0 aromatic carbocycles. The van der Waals surface area contributed by atoms with Gasteiger partial charge < -0.3 is 64.6 Å². The van der Waals surface area contributed by atoms with Crippen molar-refractivity contribution in [3.63, 3.8) is 0 Å². The van der Waals surface area contributed by atoms with Crippen LogP contribution in [-0.2, 0) is 71.4 Å². The number of ether oxygens (including phenoxy) is 4. The molecule has 18 heteroatoms. The molecule has 4 aromatic rings. The Labute approximate surface area is 427 Å². The van der Waals surface area contributed by atoms with Crippen LogP contribution in [0, 0.1) is 0 Å². The van der Waals surface area contributed by atoms with Gasteiger partial charge in [-0.2, -0.15) is 0 Å². The molecule has 0 saturated carbocycles. The Hall–Kier alpha value is -2.93. The molecule has 0 aliphatic carbocycles. The SMILES string of the molecule is Brc1c[nH]cc1Br.C=Cc1c[nH]cc1C=C.C=Cc1cn(CCOCCOC)cc1C=C.CCO[Si](CCc1cn(CCOCCOC)cc1CC[Si](OCC)(OCC)OCC)(OCC)OCC. The zero-order valence-electron chi connectivity index (χ0n) is 42.2. The molecule has 4 rings (SSSR count). The van der Waals surface area contributed by atoms with Crippen molar-refractivity contribution in [1.82, 2.24) is 19.1 Å². The normalized spacial score (nSPS) is 11.2. The second-order valence-corrected chi connectivity index (χ2v) is 21.6. The lowest BCUT2D eigenvalue weighted by molar-refractivity contribution is 0.0666. The van der Waals surface area contributed by atoms with Crippen LogP contribution in [0.2, 0.25) is 12.1 Å². The number of hydrogen-bond donors (Lipinski definition) is 2. The van der Waals surface area contributed by atoms with Crippen LogP contribution in [0.1, 0.15) is 74.9 Å². The third-order valence-corrected chi connectivity index (χ3v) is 17.7. The van der Waals surface area contributed by atoms with Crippen molar-refractivity contribution in [1.29, 1.82) is 0 Å². The average Bonchev–Trinajstić information content (AvgIpc) is 4.15. The summed E-state index contributed by atoms with van der Waals surface area (Å²) in [6.45, 7) is 35.6. The molecular weight excluding hydrogens is 1030 g/mol. The first-order valence-electron chi connectivity index (χ1n) is 23.5. The van der Waals surface area contributed by atoms with Crippen LogP contribution in [0.4, 0.5) is 0 Å². The van der Waals surface area contributed by atoms with E-state index >= 15 is 0 Å². The van der Waals surface area contributed by atoms with Crippen molar-refractivity contribution < 1.29 is 45.5 Å². The molecule has 0 spiro atoms. The van der Waals surface area contributed by atoms with E-state index in [0.29, 0.717) is 79.3 Å². The number of rotatable bonds is 34. The highest BCUT2D eigenvalue weighted by molar-refractivity contribution is 9.13. The first kappa shape index (κ1) is 63.1. The molecule has 4 heterocycles. The predicted molar refractivity (Wildman–Crippen MR) is 290 cm³/mol. The Bertz CT molecular complexity index is 1770. The molecule has 0 aliphatic heterocycles. The zero-order valence-corrected chi connectivity index (χ0v) is 47.4. The summed E-state index contributed by atoms with van der Waals surface area (Å²) in [4.78, 5) is 5.86. The number of halogens is 2. The van der Waals surface area contributed by atoms with Gasteiger partial charge in [0.1, 0.15) is 0 Å². The average molecular weight is 1120 g/mol. The van der Waals surface area contributed by atoms with E-state index in [0.717, 1.165) is 69.2 Å². The Morgan fingerprint density at radius 3 is 1.07 bits per heavy atom. The molecule has 4 aromatic heterocycles. The molecule has 0 fully saturated rings. The van der Waals surface area contributed by atoms with Crippen molar-refractivity contribution in [3.8, 4) is 0 Å². The lowest BCUT2D eigenvalue weighted by Gasteiger charge is -2.29. The Balaban J connectivity index is 0.000000578. The number of nitrogens with zero attached hydrogens (tertiary/aromatic N) is 2. The van der Waals surface area contributed by atoms with Crippen LogP contribution in [0.5, 0.6) is 0 Å². The maximum Gasteiger partial charge on any atom is 0.501 e. The van der Waals surface area contributed by atoms with Gasteiger partial charge in [0.15, 0.2) is 0 Å². The second-order valence-electron chi connectivity index (χ2n) is 14.5. The predicted octanol–water partition coefficient (Wildman–Crippen LogP) is 11.6. The number of methoxy groups -OCH3 is 2. The topological polar surface area (TPSA) is 134 Å². The summed E-state index contributed by atoms with van der Waals surface area (Å²) in [6.07, 6.45) is 24.9. The van der Waals surface area contributed by atoms with Gasteiger partial charge in [-0.1, -0.05) is 50.6 Å². The first-order valence-corrected chi connectivity index (χ1v) is 28.9. The van der Waals surface area contributed by atoms with E-state index in [9.17, 15) is 0 Å². The summed E-state index contributed by atoms with van der Waals surface area (Å²) in [5, 5.41) is 0. The van der Waals surface area contributed by atoms with E-state index in [1.807, 2.05) is 90.9 Å². The number of nitrogens with one attached hydrogen (secondary N) is 2. The minimum Gasteiger partial charge on any atom is -0.382 e. The van der Waals surface area contributed by atoms with Crippen molar-refractivity contribution >= 4 is 73.8 Å². The summed E-state index contributed by atoms with van der Waals surface area (Å²) >= 11 is 6.57. The van der Waals surface area contributed by atoms with Gasteiger partial charge in [-0.15, -0.1) is 0 Å². The lowest BCUT2D eigenvalue weighted by atomic mass is 10.1. The first-order chi connectivity index (χ1) is 33.0. The van der Waals surface area contributed by atoms with Crippen LogP contribution in [0.15, 0.2) is 84.8 Å². The van der Waals surface area contributed by atoms with Gasteiger partial charge in [0.2, 0.25) is 0 Å². The van der Waals surface area contributed by atoms with Crippen molar-refractivity contribution in [2.24, 2.45) is 0 Å². The number of aromatic nitrogens is 4. The fraction of sp³-hybridized carbons (Fsp3) is 0.520. The molecule has 0 atom stereocenters. The third kappa shape index (κ3) is 24.8. The molecule has 0 radical (unpaired) electrons. The van der Waals surface area contributed by atoms with Crippen molar-refractivity contribution in [3.05, 3.63) is 118 Å². The van der Waals surface area contributed by atoms with E-state index in [-0.39, 0.29) is 0 Å². The summed E-state index contributed by atoms with van der Waals surface area (Å²) in [5.74, 6) is 0. The van der Waals surface area contributed by atoms with Gasteiger partial charge in [-0.25, -0.2) is 0 Å². The Morgan fingerprint density at radius 1 is 0.471 bits per heavy atom. The number of aromatic amines is 2. The van der Waals surface area contributed by atoms with Crippen LogP contribution < -0.4 is 0 Å². The Morgan fingerprint density at radius 2 is 0.794 bits per heavy atom.